The van der Waals surface area contributed by atoms with Gasteiger partial charge in [0.2, 0.25) is 0 Å². The van der Waals surface area contributed by atoms with E-state index in [4.69, 9.17) is 0 Å². The predicted octanol–water partition coefficient (Wildman–Crippen LogP) is 12.3. The number of hydrogen-bond acceptors (Lipinski definition) is 3. The van der Waals surface area contributed by atoms with Crippen molar-refractivity contribution >= 4 is 86.4 Å². The summed E-state index contributed by atoms with van der Waals surface area (Å²) in [6, 6.07) is 48.2. The summed E-state index contributed by atoms with van der Waals surface area (Å²) in [5, 5.41) is 50.7. The molecule has 56 heavy (non-hydrogen) atoms. The molecule has 0 spiro atoms. The van der Waals surface area contributed by atoms with Crippen molar-refractivity contribution in [3.05, 3.63) is 180 Å². The Morgan fingerprint density at radius 1 is 0.411 bits per heavy atom. The Balaban J connectivity index is 1.00. The molecule has 0 radical (unpaired) electrons. The second-order valence-corrected chi connectivity index (χ2v) is 15.4. The summed E-state index contributed by atoms with van der Waals surface area (Å²) in [5.41, 5.74) is 6.12. The Labute approximate surface area is 320 Å². The van der Waals surface area contributed by atoms with Crippen molar-refractivity contribution in [2.24, 2.45) is 0 Å². The quantitative estimate of drug-likeness (QED) is 0.111. The molecule has 0 fully saturated rings. The van der Waals surface area contributed by atoms with E-state index >= 15 is 0 Å². The highest BCUT2D eigenvalue weighted by atomic mass is 16.3. The number of aliphatic hydroxyl groups excluding tert-OH is 1. The Morgan fingerprint density at radius 3 is 1.57 bits per heavy atom. The minimum atomic E-state index is -0.968. The molecule has 2 aromatic heterocycles. The Morgan fingerprint density at radius 2 is 0.911 bits per heavy atom. The lowest BCUT2D eigenvalue weighted by Gasteiger charge is -2.22. The molecule has 2 heterocycles. The van der Waals surface area contributed by atoms with Gasteiger partial charge >= 0.3 is 0 Å². The number of nitrogens with one attached hydrogen (secondary N) is 2. The van der Waals surface area contributed by atoms with E-state index in [0.717, 1.165) is 54.8 Å². The summed E-state index contributed by atoms with van der Waals surface area (Å²) < 4.78 is 0. The van der Waals surface area contributed by atoms with Crippen LogP contribution in [-0.4, -0.2) is 25.3 Å². The van der Waals surface area contributed by atoms with Crippen LogP contribution in [0.15, 0.2) is 152 Å². The van der Waals surface area contributed by atoms with Gasteiger partial charge < -0.3 is 25.3 Å². The number of H-pyrrole nitrogens is 2. The normalized spacial score (nSPS) is 13.5. The monoisotopic (exact) mass is 722 g/mol. The third-order valence-electron chi connectivity index (χ3n) is 12.5. The van der Waals surface area contributed by atoms with E-state index in [-0.39, 0.29) is 17.4 Å². The third-order valence-corrected chi connectivity index (χ3v) is 12.5. The van der Waals surface area contributed by atoms with Crippen LogP contribution in [0, 0.1) is 0 Å². The van der Waals surface area contributed by atoms with Gasteiger partial charge in [0.05, 0.1) is 0 Å². The van der Waals surface area contributed by atoms with E-state index < -0.39 is 6.10 Å². The molecule has 10 aromatic carbocycles. The second-order valence-electron chi connectivity index (χ2n) is 15.4. The first-order valence-corrected chi connectivity index (χ1v) is 19.1. The van der Waals surface area contributed by atoms with E-state index in [0.29, 0.717) is 17.4 Å². The summed E-state index contributed by atoms with van der Waals surface area (Å²) in [5.74, 6) is 0.173. The molecule has 0 aliphatic carbocycles. The smallest absolute Gasteiger partial charge is 0.125 e. The molecule has 0 aliphatic heterocycles. The van der Waals surface area contributed by atoms with Gasteiger partial charge in [-0.1, -0.05) is 115 Å². The summed E-state index contributed by atoms with van der Waals surface area (Å²) >= 11 is 0. The summed E-state index contributed by atoms with van der Waals surface area (Å²) in [6.07, 6.45) is 3.43. The number of hydrogen-bond donors (Lipinski definition) is 5. The molecule has 5 nitrogen and oxygen atoms in total. The number of benzene rings is 10. The van der Waals surface area contributed by atoms with Crippen molar-refractivity contribution in [3.8, 4) is 11.5 Å². The molecule has 0 amide bonds. The van der Waals surface area contributed by atoms with Crippen molar-refractivity contribution in [2.75, 3.05) is 0 Å². The molecule has 2 unspecified atom stereocenters. The van der Waals surface area contributed by atoms with Crippen LogP contribution in [-0.2, 0) is 6.42 Å². The van der Waals surface area contributed by atoms with Crippen LogP contribution in [0.1, 0.15) is 39.8 Å². The highest BCUT2D eigenvalue weighted by molar-refractivity contribution is 6.25. The molecular formula is C51H34N2O3. The van der Waals surface area contributed by atoms with Crippen LogP contribution in [0.3, 0.4) is 0 Å². The van der Waals surface area contributed by atoms with Gasteiger partial charge in [-0.15, -0.1) is 0 Å². The van der Waals surface area contributed by atoms with Crippen LogP contribution >= 0.6 is 0 Å². The maximum Gasteiger partial charge on any atom is 0.125 e. The zero-order valence-corrected chi connectivity index (χ0v) is 30.1. The fourth-order valence-corrected chi connectivity index (χ4v) is 9.98. The van der Waals surface area contributed by atoms with E-state index in [9.17, 15) is 15.3 Å². The first-order chi connectivity index (χ1) is 27.5. The van der Waals surface area contributed by atoms with Crippen LogP contribution in [0.5, 0.6) is 11.5 Å². The zero-order chi connectivity index (χ0) is 37.2. The van der Waals surface area contributed by atoms with Crippen molar-refractivity contribution < 1.29 is 15.3 Å². The van der Waals surface area contributed by atoms with E-state index in [1.54, 1.807) is 6.07 Å². The van der Waals surface area contributed by atoms with Gasteiger partial charge in [-0.3, -0.25) is 0 Å². The zero-order valence-electron chi connectivity index (χ0n) is 30.1. The van der Waals surface area contributed by atoms with Crippen molar-refractivity contribution in [1.82, 2.24) is 9.97 Å². The highest BCUT2D eigenvalue weighted by Gasteiger charge is 2.26. The Hall–Kier alpha value is -7.08. The number of phenolic OH excluding ortho intramolecular Hbond substituents is 2. The Bertz CT molecular complexity index is 3490. The molecule has 266 valence electrons. The minimum absolute atomic E-state index is 0.112. The topological polar surface area (TPSA) is 92.3 Å². The number of rotatable bonds is 6. The van der Waals surface area contributed by atoms with Gasteiger partial charge in [0.1, 0.15) is 17.6 Å². The van der Waals surface area contributed by atoms with E-state index in [2.05, 4.69) is 119 Å². The second kappa shape index (κ2) is 11.5. The maximum absolute atomic E-state index is 12.1. The lowest BCUT2D eigenvalue weighted by atomic mass is 9.81. The minimum Gasteiger partial charge on any atom is -0.507 e. The predicted molar refractivity (Wildman–Crippen MR) is 230 cm³/mol. The van der Waals surface area contributed by atoms with Crippen LogP contribution in [0.25, 0.3) is 86.4 Å². The van der Waals surface area contributed by atoms with Gasteiger partial charge in [-0.05, 0) is 118 Å². The van der Waals surface area contributed by atoms with Crippen LogP contribution < -0.4 is 0 Å². The average Bonchev–Trinajstić information content (AvgIpc) is 3.87. The number of fused-ring (bicyclic) bond motifs is 2. The lowest BCUT2D eigenvalue weighted by molar-refractivity contribution is 0.223. The van der Waals surface area contributed by atoms with E-state index in [1.165, 1.54) is 48.5 Å². The molecule has 5 heteroatoms. The number of aromatic nitrogens is 2. The molecule has 0 bridgehead atoms. The fraction of sp³-hybridized carbons (Fsp3) is 0.0588. The van der Waals surface area contributed by atoms with Gasteiger partial charge in [0, 0.05) is 45.7 Å². The van der Waals surface area contributed by atoms with Crippen LogP contribution in [0.4, 0.5) is 0 Å². The van der Waals surface area contributed by atoms with Crippen molar-refractivity contribution in [1.29, 1.82) is 0 Å². The summed E-state index contributed by atoms with van der Waals surface area (Å²) in [4.78, 5) is 6.82. The maximum atomic E-state index is 12.1. The highest BCUT2D eigenvalue weighted by Crippen LogP contribution is 2.46. The van der Waals surface area contributed by atoms with Crippen molar-refractivity contribution in [3.63, 3.8) is 0 Å². The largest absolute Gasteiger partial charge is 0.507 e. The summed E-state index contributed by atoms with van der Waals surface area (Å²) in [6.45, 7) is 0. The van der Waals surface area contributed by atoms with Crippen molar-refractivity contribution in [2.45, 2.75) is 18.4 Å². The SMILES string of the molecule is Oc1cc(CC(c2ccc3ccc4cccc5ccc2c3c45)c2c[nH]c3cccc(O)c23)cc2[nH]cc(C(O)c3ccc4ccc5cccc6ccc3c4c56)c12. The average molecular weight is 723 g/mol. The summed E-state index contributed by atoms with van der Waals surface area (Å²) in [7, 11) is 0. The number of phenols is 2. The van der Waals surface area contributed by atoms with E-state index in [1.807, 2.05) is 36.7 Å². The van der Waals surface area contributed by atoms with Gasteiger partial charge in [0.25, 0.3) is 0 Å². The lowest BCUT2D eigenvalue weighted by Crippen LogP contribution is -2.06. The molecule has 2 atom stereocenters. The number of aliphatic hydroxyl groups is 1. The molecule has 5 N–H and O–H groups in total. The molecule has 0 saturated heterocycles. The van der Waals surface area contributed by atoms with Gasteiger partial charge in [-0.25, -0.2) is 0 Å². The number of aromatic hydroxyl groups is 2. The first kappa shape index (κ1) is 31.3. The van der Waals surface area contributed by atoms with Gasteiger partial charge in [-0.2, -0.15) is 0 Å². The molecule has 12 rings (SSSR count). The Kier molecular flexibility index (Phi) is 6.41. The standard InChI is InChI=1S/C51H34N2O3/c54-43-9-3-8-41-49(43)39(25-52-41)38(34-18-14-32-12-10-28-4-1-6-30-15-19-35(34)47(32)45(28)30)22-27-23-42-50(44(55)24-27)40(26-53-42)51(56)37-21-17-33-13-11-29-5-2-7-31-16-20-36(37)48(33)46(29)31/h1-21,23-26,38,51-56H,22H2. The molecular weight excluding hydrogens is 689 g/mol. The molecule has 0 aliphatic rings. The first-order valence-electron chi connectivity index (χ1n) is 19.1. The fourth-order valence-electron chi connectivity index (χ4n) is 9.98. The van der Waals surface area contributed by atoms with Crippen LogP contribution in [0.2, 0.25) is 0 Å². The van der Waals surface area contributed by atoms with Gasteiger partial charge in [0.15, 0.2) is 0 Å². The number of aromatic amines is 2. The molecule has 12 aromatic rings. The third kappa shape index (κ3) is 4.34. The molecule has 0 saturated carbocycles.